The van der Waals surface area contributed by atoms with E-state index in [1.807, 2.05) is 0 Å². The summed E-state index contributed by atoms with van der Waals surface area (Å²) in [4.78, 5) is 0.524. The second-order valence-electron chi connectivity index (χ2n) is 5.30. The van der Waals surface area contributed by atoms with Crippen molar-refractivity contribution < 1.29 is 13.9 Å². The molecule has 1 aromatic carbocycles. The maximum absolute atomic E-state index is 12.5. The van der Waals surface area contributed by atoms with Gasteiger partial charge in [0.05, 0.1) is 6.10 Å². The van der Waals surface area contributed by atoms with Crippen LogP contribution < -0.4 is 5.32 Å². The number of anilines is 1. The average molecular weight is 301 g/mol. The van der Waals surface area contributed by atoms with Gasteiger partial charge in [0.25, 0.3) is 5.76 Å². The average Bonchev–Trinajstić information content (AvgIpc) is 2.90. The van der Waals surface area contributed by atoms with E-state index in [-0.39, 0.29) is 0 Å². The number of para-hydroxylation sites is 1. The topological polar surface area (TPSA) is 32.3 Å². The zero-order valence-corrected chi connectivity index (χ0v) is 12.2. The summed E-state index contributed by atoms with van der Waals surface area (Å²) < 4.78 is 24.9. The molecule has 0 amide bonds. The molecule has 112 valence electrons. The molecule has 1 aromatic rings. The number of nitrogens with one attached hydrogen (secondary N) is 1. The van der Waals surface area contributed by atoms with Crippen molar-refractivity contribution in [3.8, 4) is 0 Å². The van der Waals surface area contributed by atoms with Crippen molar-refractivity contribution in [1.29, 1.82) is 0 Å². The fraction of sp³-hybridized carbons (Fsp3) is 0.600. The molecule has 1 aliphatic rings. The van der Waals surface area contributed by atoms with E-state index in [4.69, 9.17) is 0 Å². The normalized spacial score (nSPS) is 17.6. The maximum Gasteiger partial charge on any atom is 0.288 e. The molecule has 0 radical (unpaired) electrons. The smallest absolute Gasteiger partial charge is 0.288 e. The van der Waals surface area contributed by atoms with Gasteiger partial charge in [-0.1, -0.05) is 49.6 Å². The highest BCUT2D eigenvalue weighted by Crippen LogP contribution is 2.32. The van der Waals surface area contributed by atoms with E-state index >= 15 is 0 Å². The van der Waals surface area contributed by atoms with Crippen molar-refractivity contribution in [1.82, 2.24) is 0 Å². The molecule has 0 saturated heterocycles. The van der Waals surface area contributed by atoms with Crippen LogP contribution in [0.3, 0.4) is 0 Å². The molecule has 1 fully saturated rings. The van der Waals surface area contributed by atoms with Gasteiger partial charge in [0.1, 0.15) is 0 Å². The minimum absolute atomic E-state index is 0.414. The lowest BCUT2D eigenvalue weighted by Gasteiger charge is -2.18. The molecule has 0 aromatic heterocycles. The minimum atomic E-state index is -2.43. The third-order valence-electron chi connectivity index (χ3n) is 3.71. The van der Waals surface area contributed by atoms with Gasteiger partial charge in [-0.15, -0.1) is 0 Å². The first-order chi connectivity index (χ1) is 9.65. The molecule has 2 nitrogen and oxygen atoms in total. The zero-order valence-electron chi connectivity index (χ0n) is 11.4. The molecule has 1 saturated carbocycles. The van der Waals surface area contributed by atoms with Crippen molar-refractivity contribution >= 4 is 17.4 Å². The van der Waals surface area contributed by atoms with Crippen LogP contribution in [0.5, 0.6) is 0 Å². The number of aliphatic hydroxyl groups excluding tert-OH is 1. The van der Waals surface area contributed by atoms with Gasteiger partial charge in [-0.25, -0.2) is 0 Å². The Morgan fingerprint density at radius 3 is 2.65 bits per heavy atom. The van der Waals surface area contributed by atoms with E-state index in [1.54, 1.807) is 24.3 Å². The Morgan fingerprint density at radius 2 is 1.95 bits per heavy atom. The fourth-order valence-electron chi connectivity index (χ4n) is 2.75. The van der Waals surface area contributed by atoms with Crippen LogP contribution in [0.15, 0.2) is 29.2 Å². The summed E-state index contributed by atoms with van der Waals surface area (Å²) in [6.07, 6.45) is 5.32. The molecule has 5 heteroatoms. The van der Waals surface area contributed by atoms with Crippen molar-refractivity contribution in [3.05, 3.63) is 24.3 Å². The third kappa shape index (κ3) is 4.94. The highest BCUT2D eigenvalue weighted by Gasteiger charge is 2.19. The third-order valence-corrected chi connectivity index (χ3v) is 4.50. The molecule has 0 heterocycles. The molecule has 0 spiro atoms. The number of benzene rings is 1. The van der Waals surface area contributed by atoms with Crippen LogP contribution in [-0.4, -0.2) is 23.5 Å². The Hall–Kier alpha value is -0.810. The lowest BCUT2D eigenvalue weighted by Crippen LogP contribution is -2.22. The van der Waals surface area contributed by atoms with E-state index < -0.39 is 11.9 Å². The van der Waals surface area contributed by atoms with E-state index in [2.05, 4.69) is 5.32 Å². The Kier molecular flexibility index (Phi) is 6.10. The predicted octanol–water partition coefficient (Wildman–Crippen LogP) is 4.35. The summed E-state index contributed by atoms with van der Waals surface area (Å²) in [6, 6.07) is 6.99. The van der Waals surface area contributed by atoms with Crippen molar-refractivity contribution in [2.24, 2.45) is 5.92 Å². The van der Waals surface area contributed by atoms with Crippen molar-refractivity contribution in [2.75, 3.05) is 11.9 Å². The van der Waals surface area contributed by atoms with Crippen LogP contribution in [0.4, 0.5) is 14.5 Å². The monoisotopic (exact) mass is 301 g/mol. The molecular formula is C15H21F2NOS. The second-order valence-corrected chi connectivity index (χ2v) is 6.33. The Bertz CT molecular complexity index is 411. The summed E-state index contributed by atoms with van der Waals surface area (Å²) >= 11 is 0.532. The van der Waals surface area contributed by atoms with Gasteiger partial charge in [-0.2, -0.15) is 8.78 Å². The first-order valence-electron chi connectivity index (χ1n) is 7.11. The van der Waals surface area contributed by atoms with Gasteiger partial charge in [0.15, 0.2) is 0 Å². The van der Waals surface area contributed by atoms with E-state index in [9.17, 15) is 13.9 Å². The molecule has 1 aliphatic carbocycles. The molecule has 0 bridgehead atoms. The van der Waals surface area contributed by atoms with Crippen molar-refractivity contribution in [2.45, 2.75) is 48.9 Å². The molecule has 20 heavy (non-hydrogen) atoms. The van der Waals surface area contributed by atoms with Crippen LogP contribution >= 0.6 is 11.8 Å². The minimum Gasteiger partial charge on any atom is -0.391 e. The zero-order chi connectivity index (χ0) is 14.4. The summed E-state index contributed by atoms with van der Waals surface area (Å²) in [7, 11) is 0. The molecule has 0 aliphatic heterocycles. The lowest BCUT2D eigenvalue weighted by molar-refractivity contribution is 0.155. The first-order valence-corrected chi connectivity index (χ1v) is 7.99. The number of rotatable bonds is 7. The quantitative estimate of drug-likeness (QED) is 0.734. The van der Waals surface area contributed by atoms with E-state index in [0.717, 1.165) is 6.42 Å². The SMILES string of the molecule is OC(CNc1ccccc1SC(F)F)CC1CCCC1. The van der Waals surface area contributed by atoms with Crippen molar-refractivity contribution in [3.63, 3.8) is 0 Å². The standard InChI is InChI=1S/C15H21F2NOS/c16-15(17)20-14-8-4-3-7-13(14)18-10-12(19)9-11-5-1-2-6-11/h3-4,7-8,11-12,15,18-19H,1-2,5-6,9-10H2. The number of alkyl halides is 2. The van der Waals surface area contributed by atoms with Crippen LogP contribution in [-0.2, 0) is 0 Å². The van der Waals surface area contributed by atoms with Crippen LogP contribution in [0.25, 0.3) is 0 Å². The highest BCUT2D eigenvalue weighted by atomic mass is 32.2. The Morgan fingerprint density at radius 1 is 1.25 bits per heavy atom. The van der Waals surface area contributed by atoms with Gasteiger partial charge in [-0.05, 0) is 24.5 Å². The van der Waals surface area contributed by atoms with E-state index in [0.29, 0.717) is 34.8 Å². The van der Waals surface area contributed by atoms with Gasteiger partial charge in [-0.3, -0.25) is 0 Å². The summed E-state index contributed by atoms with van der Waals surface area (Å²) in [5.74, 6) is -1.81. The van der Waals surface area contributed by atoms with Crippen LogP contribution in [0, 0.1) is 5.92 Å². The fourth-order valence-corrected chi connectivity index (χ4v) is 3.37. The van der Waals surface area contributed by atoms with E-state index in [1.165, 1.54) is 25.7 Å². The summed E-state index contributed by atoms with van der Waals surface area (Å²) in [6.45, 7) is 0.414. The number of hydrogen-bond acceptors (Lipinski definition) is 3. The molecule has 2 N–H and O–H groups in total. The predicted molar refractivity (Wildman–Crippen MR) is 79.4 cm³/mol. The van der Waals surface area contributed by atoms with Gasteiger partial charge in [0, 0.05) is 17.1 Å². The van der Waals surface area contributed by atoms with Gasteiger partial charge >= 0.3 is 0 Å². The molecule has 1 unspecified atom stereocenters. The number of aliphatic hydroxyl groups is 1. The maximum atomic E-state index is 12.5. The van der Waals surface area contributed by atoms with Gasteiger partial charge < -0.3 is 10.4 Å². The highest BCUT2D eigenvalue weighted by molar-refractivity contribution is 7.99. The Balaban J connectivity index is 1.83. The first kappa shape index (κ1) is 15.6. The largest absolute Gasteiger partial charge is 0.391 e. The summed E-state index contributed by atoms with van der Waals surface area (Å²) in [5, 5.41) is 13.1. The van der Waals surface area contributed by atoms with Gasteiger partial charge in [0.2, 0.25) is 0 Å². The molecule has 2 rings (SSSR count). The summed E-state index contributed by atoms with van der Waals surface area (Å²) in [5.41, 5.74) is 0.670. The lowest BCUT2D eigenvalue weighted by atomic mass is 10.00. The second kappa shape index (κ2) is 7.84. The Labute approximate surface area is 123 Å². The number of halogens is 2. The number of hydrogen-bond donors (Lipinski definition) is 2. The molecular weight excluding hydrogens is 280 g/mol. The van der Waals surface area contributed by atoms with Crippen LogP contribution in [0.2, 0.25) is 0 Å². The number of thioether (sulfide) groups is 1. The molecule has 1 atom stereocenters. The van der Waals surface area contributed by atoms with Crippen LogP contribution in [0.1, 0.15) is 32.1 Å².